The van der Waals surface area contributed by atoms with Crippen LogP contribution in [0.25, 0.3) is 0 Å². The molecule has 0 atom stereocenters. The zero-order chi connectivity index (χ0) is 18.0. The number of nitro benzene ring substituents is 3. The van der Waals surface area contributed by atoms with Gasteiger partial charge in [0.05, 0.1) is 26.9 Å². The Balaban J connectivity index is 2.61. The molecule has 0 unspecified atom stereocenters. The number of nitrogens with one attached hydrogen (secondary N) is 2. The van der Waals surface area contributed by atoms with Crippen molar-refractivity contribution in [2.45, 2.75) is 0 Å². The monoisotopic (exact) mass is 340 g/mol. The van der Waals surface area contributed by atoms with E-state index in [1.807, 2.05) is 5.10 Å². The van der Waals surface area contributed by atoms with Gasteiger partial charge >= 0.3 is 23.3 Å². The molecule has 16 nitrogen and oxygen atoms in total. The molecule has 1 aromatic heterocycles. The van der Waals surface area contributed by atoms with E-state index in [9.17, 15) is 40.5 Å². The van der Waals surface area contributed by atoms with Gasteiger partial charge in [0.15, 0.2) is 0 Å². The minimum absolute atomic E-state index is 0.496. The van der Waals surface area contributed by atoms with Crippen molar-refractivity contribution >= 4 is 34.6 Å². The summed E-state index contributed by atoms with van der Waals surface area (Å²) in [4.78, 5) is 42.4. The van der Waals surface area contributed by atoms with Crippen LogP contribution >= 0.6 is 0 Å². The third-order valence-electron chi connectivity index (χ3n) is 2.57. The lowest BCUT2D eigenvalue weighted by molar-refractivity contribution is -0.401. The van der Waals surface area contributed by atoms with E-state index in [0.717, 1.165) is 0 Å². The Kier molecular flexibility index (Phi) is 3.94. The van der Waals surface area contributed by atoms with Gasteiger partial charge in [-0.25, -0.2) is 0 Å². The fraction of sp³-hybridized carbons (Fsp3) is 0. The maximum Gasteiger partial charge on any atom is 0.455 e. The van der Waals surface area contributed by atoms with E-state index in [1.165, 1.54) is 0 Å². The molecule has 16 heteroatoms. The average molecular weight is 340 g/mol. The van der Waals surface area contributed by atoms with Crippen LogP contribution in [0.5, 0.6) is 0 Å². The molecule has 2 aromatic rings. The van der Waals surface area contributed by atoms with Crippen LogP contribution in [-0.4, -0.2) is 34.9 Å². The van der Waals surface area contributed by atoms with Gasteiger partial charge in [-0.1, -0.05) is 5.10 Å². The van der Waals surface area contributed by atoms with Gasteiger partial charge in [-0.2, -0.15) is 0 Å². The predicted molar refractivity (Wildman–Crippen MR) is 72.7 cm³/mol. The number of aromatic nitrogens is 3. The van der Waals surface area contributed by atoms with Gasteiger partial charge < -0.3 is 10.1 Å². The molecule has 0 spiro atoms. The highest BCUT2D eigenvalue weighted by molar-refractivity contribution is 5.79. The number of nitro groups is 4. The van der Waals surface area contributed by atoms with E-state index >= 15 is 0 Å². The summed E-state index contributed by atoms with van der Waals surface area (Å²) < 4.78 is 0. The van der Waals surface area contributed by atoms with Crippen LogP contribution in [0.2, 0.25) is 0 Å². The number of benzene rings is 1. The zero-order valence-corrected chi connectivity index (χ0v) is 11.1. The van der Waals surface area contributed by atoms with E-state index in [4.69, 9.17) is 0 Å². The van der Waals surface area contributed by atoms with Crippen LogP contribution in [0, 0.1) is 40.5 Å². The molecule has 24 heavy (non-hydrogen) atoms. The van der Waals surface area contributed by atoms with Crippen molar-refractivity contribution in [3.63, 3.8) is 0 Å². The van der Waals surface area contributed by atoms with Gasteiger partial charge in [-0.15, -0.1) is 5.10 Å². The molecule has 1 aromatic carbocycles. The van der Waals surface area contributed by atoms with Gasteiger partial charge in [-0.05, 0) is 9.91 Å². The van der Waals surface area contributed by atoms with Gasteiger partial charge in [0.2, 0.25) is 5.69 Å². The molecule has 1 heterocycles. The topological polar surface area (TPSA) is 226 Å². The molecular weight excluding hydrogens is 336 g/mol. The second-order valence-corrected chi connectivity index (χ2v) is 4.00. The Morgan fingerprint density at radius 1 is 0.875 bits per heavy atom. The number of hydrogen-bond donors (Lipinski definition) is 2. The van der Waals surface area contributed by atoms with Gasteiger partial charge in [-0.3, -0.25) is 35.7 Å². The first-order chi connectivity index (χ1) is 11.2. The van der Waals surface area contributed by atoms with Crippen molar-refractivity contribution in [3.8, 4) is 0 Å². The lowest BCUT2D eigenvalue weighted by Gasteiger charge is -2.03. The Bertz CT molecular complexity index is 840. The summed E-state index contributed by atoms with van der Waals surface area (Å²) in [6.45, 7) is 0. The van der Waals surface area contributed by atoms with Gasteiger partial charge in [0, 0.05) is 0 Å². The zero-order valence-electron chi connectivity index (χ0n) is 11.1. The summed E-state index contributed by atoms with van der Waals surface area (Å²) in [7, 11) is 0. The minimum atomic E-state index is -1.09. The lowest BCUT2D eigenvalue weighted by atomic mass is 10.2. The summed E-state index contributed by atoms with van der Waals surface area (Å²) >= 11 is 0. The SMILES string of the molecule is O=[N+]([O-])c1cc([N+](=O)[O-])c(Nc2n[nH]c([N+](=O)[O-])n2)c([N+](=O)[O-])c1. The Hall–Kier alpha value is -4.24. The number of anilines is 2. The molecule has 0 aliphatic carbocycles. The second kappa shape index (κ2) is 5.87. The highest BCUT2D eigenvalue weighted by Crippen LogP contribution is 2.39. The van der Waals surface area contributed by atoms with Gasteiger partial charge in [0.1, 0.15) is 0 Å². The summed E-state index contributed by atoms with van der Waals surface area (Å²) in [5.74, 6) is -1.38. The summed E-state index contributed by atoms with van der Waals surface area (Å²) in [5.41, 5.74) is -3.63. The van der Waals surface area contributed by atoms with Crippen molar-refractivity contribution in [2.75, 3.05) is 5.32 Å². The summed E-state index contributed by atoms with van der Waals surface area (Å²) in [6.07, 6.45) is 0. The summed E-state index contributed by atoms with van der Waals surface area (Å²) in [5, 5.41) is 50.6. The molecule has 0 saturated carbocycles. The van der Waals surface area contributed by atoms with Crippen molar-refractivity contribution < 1.29 is 19.7 Å². The van der Waals surface area contributed by atoms with Gasteiger partial charge in [0.25, 0.3) is 5.69 Å². The molecule has 0 amide bonds. The van der Waals surface area contributed by atoms with Crippen molar-refractivity contribution in [2.24, 2.45) is 0 Å². The van der Waals surface area contributed by atoms with Crippen LogP contribution in [0.4, 0.5) is 34.6 Å². The van der Waals surface area contributed by atoms with Crippen LogP contribution in [0.15, 0.2) is 12.1 Å². The van der Waals surface area contributed by atoms with Crippen LogP contribution < -0.4 is 5.32 Å². The highest BCUT2D eigenvalue weighted by atomic mass is 16.6. The average Bonchev–Trinajstić information content (AvgIpc) is 2.95. The lowest BCUT2D eigenvalue weighted by Crippen LogP contribution is -2.04. The number of rotatable bonds is 6. The smallest absolute Gasteiger partial charge is 0.390 e. The van der Waals surface area contributed by atoms with Crippen LogP contribution in [0.3, 0.4) is 0 Å². The minimum Gasteiger partial charge on any atom is -0.390 e. The normalized spacial score (nSPS) is 10.2. The van der Waals surface area contributed by atoms with Crippen LogP contribution in [0.1, 0.15) is 0 Å². The molecule has 0 aliphatic rings. The third-order valence-corrected chi connectivity index (χ3v) is 2.57. The quantitative estimate of drug-likeness (QED) is 0.560. The Labute approximate surface area is 128 Å². The first-order valence-corrected chi connectivity index (χ1v) is 5.65. The maximum atomic E-state index is 11.0. The van der Waals surface area contributed by atoms with E-state index < -0.39 is 54.3 Å². The number of non-ortho nitro benzene ring substituents is 1. The number of hydrogen-bond acceptors (Lipinski definition) is 11. The van der Waals surface area contributed by atoms with E-state index in [0.29, 0.717) is 12.1 Å². The first kappa shape index (κ1) is 16.1. The van der Waals surface area contributed by atoms with E-state index in [-0.39, 0.29) is 0 Å². The van der Waals surface area contributed by atoms with Crippen molar-refractivity contribution in [1.29, 1.82) is 0 Å². The predicted octanol–water partition coefficient (Wildman–Crippen LogP) is 1.18. The largest absolute Gasteiger partial charge is 0.455 e. The number of aromatic amines is 1. The number of nitrogens with zero attached hydrogens (tertiary/aromatic N) is 6. The third kappa shape index (κ3) is 3.00. The van der Waals surface area contributed by atoms with Crippen molar-refractivity contribution in [3.05, 3.63) is 52.6 Å². The number of H-pyrrole nitrogens is 1. The second-order valence-electron chi connectivity index (χ2n) is 4.00. The van der Waals surface area contributed by atoms with E-state index in [1.54, 1.807) is 0 Å². The molecule has 2 N–H and O–H groups in total. The molecule has 0 saturated heterocycles. The Morgan fingerprint density at radius 2 is 1.42 bits per heavy atom. The van der Waals surface area contributed by atoms with E-state index in [2.05, 4.69) is 15.4 Å². The summed E-state index contributed by atoms with van der Waals surface area (Å²) in [6, 6.07) is 0.993. The molecule has 0 fully saturated rings. The maximum absolute atomic E-state index is 11.0. The standard InChI is InChI=1S/C8H4N8O8/c17-13(18)3-1-4(14(19)20)6(5(2-3)15(21)22)9-7-10-8(12-11-7)16(23)24/h1-2H,(H2,9,10,11,12). The fourth-order valence-corrected chi connectivity index (χ4v) is 1.62. The van der Waals surface area contributed by atoms with Crippen molar-refractivity contribution in [1.82, 2.24) is 15.2 Å². The molecule has 2 rings (SSSR count). The molecular formula is C8H4N8O8. The first-order valence-electron chi connectivity index (χ1n) is 5.65. The fourth-order valence-electron chi connectivity index (χ4n) is 1.62. The molecule has 0 aliphatic heterocycles. The van der Waals surface area contributed by atoms with Crippen LogP contribution in [-0.2, 0) is 0 Å². The molecule has 124 valence electrons. The highest BCUT2D eigenvalue weighted by Gasteiger charge is 2.32. The Morgan fingerprint density at radius 3 is 1.79 bits per heavy atom. The molecule has 0 bridgehead atoms. The molecule has 0 radical (unpaired) electrons.